The average molecular weight is 299 g/mol. The molecule has 1 aromatic carbocycles. The molecule has 1 heterocycles. The number of hydrogen-bond acceptors (Lipinski definition) is 5. The number of anilines is 1. The Kier molecular flexibility index (Phi) is 3.25. The minimum atomic E-state index is -0.214. The third-order valence-corrected chi connectivity index (χ3v) is 3.34. The molecule has 0 aliphatic heterocycles. The summed E-state index contributed by atoms with van der Waals surface area (Å²) in [6.45, 7) is 1.92. The van der Waals surface area contributed by atoms with Crippen LogP contribution in [0, 0.1) is 6.92 Å². The molecular weight excluding hydrogens is 292 g/mol. The maximum atomic E-state index is 11.8. The summed E-state index contributed by atoms with van der Waals surface area (Å²) in [7, 11) is 0. The van der Waals surface area contributed by atoms with Crippen molar-refractivity contribution in [1.82, 2.24) is 14.8 Å². The first-order chi connectivity index (χ1) is 7.66. The van der Waals surface area contributed by atoms with Gasteiger partial charge in [0.25, 0.3) is 5.91 Å². The molecule has 0 unspecified atom stereocenters. The van der Waals surface area contributed by atoms with E-state index in [4.69, 9.17) is 0 Å². The second-order valence-electron chi connectivity index (χ2n) is 3.09. The summed E-state index contributed by atoms with van der Waals surface area (Å²) in [5.74, 6) is -0.214. The Morgan fingerprint density at radius 3 is 2.94 bits per heavy atom. The molecule has 1 aromatic heterocycles. The summed E-state index contributed by atoms with van der Waals surface area (Å²) in [5, 5.41) is 10.0. The molecule has 0 radical (unpaired) electrons. The van der Waals surface area contributed by atoms with Gasteiger partial charge in [0, 0.05) is 21.6 Å². The number of hydrogen-bond donors (Lipinski definition) is 1. The van der Waals surface area contributed by atoms with E-state index in [1.54, 1.807) is 12.1 Å². The number of rotatable bonds is 2. The number of halogens is 1. The molecule has 0 bridgehead atoms. The Balaban J connectivity index is 2.18. The zero-order valence-corrected chi connectivity index (χ0v) is 10.7. The van der Waals surface area contributed by atoms with Crippen LogP contribution in [-0.2, 0) is 0 Å². The number of benzene rings is 1. The van der Waals surface area contributed by atoms with Crippen LogP contribution in [0.2, 0.25) is 0 Å². The van der Waals surface area contributed by atoms with Crippen molar-refractivity contribution in [2.24, 2.45) is 0 Å². The van der Waals surface area contributed by atoms with Gasteiger partial charge in [-0.3, -0.25) is 10.1 Å². The largest absolute Gasteiger partial charge is 0.295 e. The van der Waals surface area contributed by atoms with Crippen LogP contribution in [0.4, 0.5) is 5.13 Å². The van der Waals surface area contributed by atoms with Crippen LogP contribution in [0.15, 0.2) is 22.7 Å². The summed E-state index contributed by atoms with van der Waals surface area (Å²) < 4.78 is 4.53. The normalized spacial score (nSPS) is 10.1. The van der Waals surface area contributed by atoms with Gasteiger partial charge in [-0.05, 0) is 35.9 Å². The van der Waals surface area contributed by atoms with Gasteiger partial charge in [-0.1, -0.05) is 25.5 Å². The molecule has 0 saturated heterocycles. The molecule has 16 heavy (non-hydrogen) atoms. The smallest absolute Gasteiger partial charge is 0.257 e. The predicted molar refractivity (Wildman–Crippen MR) is 64.5 cm³/mol. The molecule has 7 heteroatoms. The molecule has 0 spiro atoms. The van der Waals surface area contributed by atoms with Crippen molar-refractivity contribution in [3.8, 4) is 0 Å². The molecular formula is C9H7BrN4OS. The van der Waals surface area contributed by atoms with E-state index in [9.17, 15) is 4.79 Å². The van der Waals surface area contributed by atoms with Crippen molar-refractivity contribution in [2.45, 2.75) is 6.92 Å². The van der Waals surface area contributed by atoms with E-state index in [1.165, 1.54) is 0 Å². The van der Waals surface area contributed by atoms with E-state index in [2.05, 4.69) is 36.0 Å². The second-order valence-corrected chi connectivity index (χ2v) is 4.67. The van der Waals surface area contributed by atoms with Crippen LogP contribution >= 0.6 is 27.5 Å². The van der Waals surface area contributed by atoms with Crippen LogP contribution in [0.3, 0.4) is 0 Å². The average Bonchev–Trinajstić information content (AvgIpc) is 2.74. The predicted octanol–water partition coefficient (Wildman–Crippen LogP) is 2.26. The SMILES string of the molecule is Cc1cc(C(=O)Nc2nnns2)ccc1Br. The van der Waals surface area contributed by atoms with Crippen molar-refractivity contribution in [2.75, 3.05) is 5.32 Å². The third kappa shape index (κ3) is 2.42. The second kappa shape index (κ2) is 4.67. The van der Waals surface area contributed by atoms with E-state index >= 15 is 0 Å². The zero-order chi connectivity index (χ0) is 11.5. The summed E-state index contributed by atoms with van der Waals surface area (Å²) in [5.41, 5.74) is 1.58. The monoisotopic (exact) mass is 298 g/mol. The minimum Gasteiger partial charge on any atom is -0.295 e. The number of nitrogens with one attached hydrogen (secondary N) is 1. The van der Waals surface area contributed by atoms with Crippen LogP contribution in [0.5, 0.6) is 0 Å². The van der Waals surface area contributed by atoms with Crippen molar-refractivity contribution in [3.05, 3.63) is 33.8 Å². The number of nitrogens with zero attached hydrogens (tertiary/aromatic N) is 3. The van der Waals surface area contributed by atoms with Gasteiger partial charge in [-0.15, -0.1) is 0 Å². The number of aromatic nitrogens is 3. The highest BCUT2D eigenvalue weighted by Gasteiger charge is 2.09. The fraction of sp³-hybridized carbons (Fsp3) is 0.111. The van der Waals surface area contributed by atoms with Gasteiger partial charge >= 0.3 is 0 Å². The Morgan fingerprint density at radius 2 is 2.31 bits per heavy atom. The van der Waals surface area contributed by atoms with Gasteiger partial charge < -0.3 is 0 Å². The first-order valence-corrected chi connectivity index (χ1v) is 5.96. The Hall–Kier alpha value is -1.34. The van der Waals surface area contributed by atoms with E-state index in [0.717, 1.165) is 21.6 Å². The van der Waals surface area contributed by atoms with Crippen LogP contribution < -0.4 is 5.32 Å². The van der Waals surface area contributed by atoms with Gasteiger partial charge in [0.1, 0.15) is 0 Å². The van der Waals surface area contributed by atoms with Gasteiger partial charge in [0.15, 0.2) is 0 Å². The first kappa shape index (κ1) is 11.2. The lowest BCUT2D eigenvalue weighted by Gasteiger charge is -2.03. The van der Waals surface area contributed by atoms with Crippen molar-refractivity contribution < 1.29 is 4.79 Å². The summed E-state index contributed by atoms with van der Waals surface area (Å²) >= 11 is 4.42. The highest BCUT2D eigenvalue weighted by molar-refractivity contribution is 9.10. The Bertz CT molecular complexity index is 514. The van der Waals surface area contributed by atoms with Crippen LogP contribution in [-0.4, -0.2) is 20.7 Å². The van der Waals surface area contributed by atoms with Gasteiger partial charge in [-0.2, -0.15) is 0 Å². The van der Waals surface area contributed by atoms with Gasteiger partial charge in [0.05, 0.1) is 0 Å². The maximum absolute atomic E-state index is 11.8. The molecule has 0 saturated carbocycles. The number of carbonyl (C=O) groups excluding carboxylic acids is 1. The van der Waals surface area contributed by atoms with Crippen molar-refractivity contribution >= 4 is 38.5 Å². The highest BCUT2D eigenvalue weighted by atomic mass is 79.9. The number of carbonyl (C=O) groups is 1. The lowest BCUT2D eigenvalue weighted by molar-refractivity contribution is 0.102. The van der Waals surface area contributed by atoms with Crippen LogP contribution in [0.25, 0.3) is 0 Å². The maximum Gasteiger partial charge on any atom is 0.257 e. The summed E-state index contributed by atoms with van der Waals surface area (Å²) in [6.07, 6.45) is 0. The van der Waals surface area contributed by atoms with Crippen LogP contribution in [0.1, 0.15) is 15.9 Å². The molecule has 1 amide bonds. The van der Waals surface area contributed by atoms with E-state index < -0.39 is 0 Å². The lowest BCUT2D eigenvalue weighted by Crippen LogP contribution is -2.11. The molecule has 5 nitrogen and oxygen atoms in total. The van der Waals surface area contributed by atoms with E-state index in [-0.39, 0.29) is 5.91 Å². The Labute approximate surface area is 104 Å². The quantitative estimate of drug-likeness (QED) is 0.923. The molecule has 2 rings (SSSR count). The summed E-state index contributed by atoms with van der Waals surface area (Å²) in [6, 6.07) is 5.37. The molecule has 0 atom stereocenters. The third-order valence-electron chi connectivity index (χ3n) is 1.94. The standard InChI is InChI=1S/C9H7BrN4OS/c1-5-4-6(2-3-7(5)10)8(15)11-9-12-13-14-16-9/h2-4H,1H3,(H,11,12,14,15). The van der Waals surface area contributed by atoms with Gasteiger partial charge in [-0.25, -0.2) is 0 Å². The topological polar surface area (TPSA) is 67.8 Å². The fourth-order valence-corrected chi connectivity index (χ4v) is 1.75. The molecule has 0 aliphatic rings. The molecule has 0 aliphatic carbocycles. The number of aryl methyl sites for hydroxylation is 1. The minimum absolute atomic E-state index is 0.214. The molecule has 0 fully saturated rings. The molecule has 1 N–H and O–H groups in total. The lowest BCUT2D eigenvalue weighted by atomic mass is 10.1. The highest BCUT2D eigenvalue weighted by Crippen LogP contribution is 2.18. The fourth-order valence-electron chi connectivity index (χ4n) is 1.14. The van der Waals surface area contributed by atoms with E-state index in [1.807, 2.05) is 13.0 Å². The first-order valence-electron chi connectivity index (χ1n) is 4.39. The summed E-state index contributed by atoms with van der Waals surface area (Å²) in [4.78, 5) is 11.8. The zero-order valence-electron chi connectivity index (χ0n) is 8.27. The number of amides is 1. The Morgan fingerprint density at radius 1 is 1.50 bits per heavy atom. The molecule has 82 valence electrons. The van der Waals surface area contributed by atoms with Gasteiger partial charge in [0.2, 0.25) is 5.13 Å². The molecule has 2 aromatic rings. The van der Waals surface area contributed by atoms with E-state index in [0.29, 0.717) is 10.7 Å². The van der Waals surface area contributed by atoms with Crippen molar-refractivity contribution in [1.29, 1.82) is 0 Å². The van der Waals surface area contributed by atoms with Crippen molar-refractivity contribution in [3.63, 3.8) is 0 Å².